The van der Waals surface area contributed by atoms with E-state index in [4.69, 9.17) is 4.74 Å². The van der Waals surface area contributed by atoms with Crippen molar-refractivity contribution < 1.29 is 14.5 Å². The number of carbonyl (C=O) groups is 1. The Morgan fingerprint density at radius 3 is 2.50 bits per heavy atom. The number of carbonyl (C=O) groups excluding carboxylic acids is 1. The minimum Gasteiger partial charge on any atom is -0.481 e. The lowest BCUT2D eigenvalue weighted by Crippen LogP contribution is -2.30. The van der Waals surface area contributed by atoms with Gasteiger partial charge >= 0.3 is 0 Å². The van der Waals surface area contributed by atoms with Gasteiger partial charge in [0.1, 0.15) is 11.4 Å². The van der Waals surface area contributed by atoms with Gasteiger partial charge in [-0.2, -0.15) is 0 Å². The van der Waals surface area contributed by atoms with Gasteiger partial charge in [-0.05, 0) is 37.3 Å². The van der Waals surface area contributed by atoms with E-state index in [2.05, 4.69) is 21.2 Å². The van der Waals surface area contributed by atoms with Crippen molar-refractivity contribution >= 4 is 33.2 Å². The molecule has 0 aliphatic carbocycles. The second-order valence-electron chi connectivity index (χ2n) is 4.48. The van der Waals surface area contributed by atoms with Crippen LogP contribution in [0.4, 0.5) is 11.4 Å². The summed E-state index contributed by atoms with van der Waals surface area (Å²) >= 11 is 3.31. The van der Waals surface area contributed by atoms with Crippen LogP contribution in [0.5, 0.6) is 5.75 Å². The minimum atomic E-state index is -0.791. The van der Waals surface area contributed by atoms with E-state index in [-0.39, 0.29) is 11.4 Å². The number of nitro benzene ring substituents is 1. The number of amides is 1. The first-order chi connectivity index (χ1) is 10.5. The lowest BCUT2D eigenvalue weighted by Gasteiger charge is -2.14. The Hall–Kier alpha value is -2.41. The molecule has 6 nitrogen and oxygen atoms in total. The monoisotopic (exact) mass is 364 g/mol. The van der Waals surface area contributed by atoms with Crippen molar-refractivity contribution in [3.63, 3.8) is 0 Å². The van der Waals surface area contributed by atoms with E-state index in [0.717, 1.165) is 4.47 Å². The number of rotatable bonds is 5. The highest BCUT2D eigenvalue weighted by atomic mass is 79.9. The Balaban J connectivity index is 2.05. The molecule has 0 heterocycles. The molecule has 2 aromatic rings. The predicted octanol–water partition coefficient (Wildman–Crippen LogP) is 3.76. The summed E-state index contributed by atoms with van der Waals surface area (Å²) in [5.41, 5.74) is -0.0181. The molecule has 0 aromatic heterocycles. The molecule has 22 heavy (non-hydrogen) atoms. The quantitative estimate of drug-likeness (QED) is 0.646. The Bertz CT molecular complexity index is 688. The van der Waals surface area contributed by atoms with Crippen molar-refractivity contribution in [2.24, 2.45) is 0 Å². The van der Waals surface area contributed by atoms with Crippen LogP contribution in [-0.2, 0) is 4.79 Å². The van der Waals surface area contributed by atoms with E-state index >= 15 is 0 Å². The van der Waals surface area contributed by atoms with Crippen molar-refractivity contribution in [2.75, 3.05) is 5.32 Å². The zero-order chi connectivity index (χ0) is 16.1. The molecule has 1 atom stereocenters. The van der Waals surface area contributed by atoms with E-state index in [0.29, 0.717) is 5.75 Å². The number of hydrogen-bond acceptors (Lipinski definition) is 4. The summed E-state index contributed by atoms with van der Waals surface area (Å²) in [5.74, 6) is 0.0747. The van der Waals surface area contributed by atoms with Gasteiger partial charge in [0.2, 0.25) is 0 Å². The Morgan fingerprint density at radius 2 is 1.86 bits per heavy atom. The van der Waals surface area contributed by atoms with E-state index in [1.165, 1.54) is 18.2 Å². The van der Waals surface area contributed by atoms with Crippen molar-refractivity contribution in [3.8, 4) is 5.75 Å². The molecule has 0 aliphatic rings. The number of hydrogen-bond donors (Lipinski definition) is 1. The van der Waals surface area contributed by atoms with Crippen LogP contribution >= 0.6 is 15.9 Å². The van der Waals surface area contributed by atoms with Crippen LogP contribution in [0, 0.1) is 10.1 Å². The Labute approximate surface area is 135 Å². The van der Waals surface area contributed by atoms with Crippen LogP contribution in [0.15, 0.2) is 53.0 Å². The summed E-state index contributed by atoms with van der Waals surface area (Å²) < 4.78 is 6.40. The van der Waals surface area contributed by atoms with Crippen LogP contribution in [0.3, 0.4) is 0 Å². The maximum Gasteiger partial charge on any atom is 0.292 e. The van der Waals surface area contributed by atoms with Crippen LogP contribution in [0.25, 0.3) is 0 Å². The molecule has 0 spiro atoms. The van der Waals surface area contributed by atoms with Crippen LogP contribution in [-0.4, -0.2) is 16.9 Å². The SMILES string of the molecule is CC(Oc1ccc(Br)cc1)C(=O)Nc1ccccc1[N+](=O)[O-]. The smallest absolute Gasteiger partial charge is 0.292 e. The zero-order valence-corrected chi connectivity index (χ0v) is 13.2. The Kier molecular flexibility index (Phi) is 5.11. The summed E-state index contributed by atoms with van der Waals surface area (Å²) in [6.07, 6.45) is -0.791. The molecule has 0 bridgehead atoms. The Morgan fingerprint density at radius 1 is 1.23 bits per heavy atom. The van der Waals surface area contributed by atoms with Gasteiger partial charge in [0.15, 0.2) is 6.10 Å². The highest BCUT2D eigenvalue weighted by Crippen LogP contribution is 2.24. The van der Waals surface area contributed by atoms with Gasteiger partial charge in [-0.15, -0.1) is 0 Å². The maximum absolute atomic E-state index is 12.1. The van der Waals surface area contributed by atoms with Crippen molar-refractivity contribution in [1.82, 2.24) is 0 Å². The zero-order valence-electron chi connectivity index (χ0n) is 11.7. The number of nitro groups is 1. The predicted molar refractivity (Wildman–Crippen MR) is 86.0 cm³/mol. The molecule has 0 saturated heterocycles. The molecule has 7 heteroatoms. The number of para-hydroxylation sites is 2. The maximum atomic E-state index is 12.1. The van der Waals surface area contributed by atoms with Gasteiger partial charge in [-0.3, -0.25) is 14.9 Å². The topological polar surface area (TPSA) is 81.5 Å². The fourth-order valence-corrected chi connectivity index (χ4v) is 2.01. The molecule has 2 aromatic carbocycles. The average molecular weight is 365 g/mol. The van der Waals surface area contributed by atoms with Gasteiger partial charge in [0, 0.05) is 10.5 Å². The van der Waals surface area contributed by atoms with E-state index in [1.807, 2.05) is 0 Å². The summed E-state index contributed by atoms with van der Waals surface area (Å²) in [5, 5.41) is 13.4. The first-order valence-corrected chi connectivity index (χ1v) is 7.23. The summed E-state index contributed by atoms with van der Waals surface area (Å²) in [4.78, 5) is 22.5. The lowest BCUT2D eigenvalue weighted by atomic mass is 10.2. The van der Waals surface area contributed by atoms with Crippen LogP contribution in [0.2, 0.25) is 0 Å². The van der Waals surface area contributed by atoms with E-state index in [9.17, 15) is 14.9 Å². The summed E-state index contributed by atoms with van der Waals surface area (Å²) in [7, 11) is 0. The van der Waals surface area contributed by atoms with Gasteiger partial charge in [-0.1, -0.05) is 28.1 Å². The fourth-order valence-electron chi connectivity index (χ4n) is 1.74. The normalized spacial score (nSPS) is 11.5. The number of halogens is 1. The standard InChI is InChI=1S/C15H13BrN2O4/c1-10(22-12-8-6-11(16)7-9-12)15(19)17-13-4-2-3-5-14(13)18(20)21/h2-10H,1H3,(H,17,19). The average Bonchev–Trinajstić information content (AvgIpc) is 2.49. The third-order valence-corrected chi connectivity index (χ3v) is 3.38. The number of anilines is 1. The third kappa shape index (κ3) is 4.05. The minimum absolute atomic E-state index is 0.142. The van der Waals surface area contributed by atoms with Crippen molar-refractivity contribution in [3.05, 3.63) is 63.1 Å². The first-order valence-electron chi connectivity index (χ1n) is 6.44. The lowest BCUT2D eigenvalue weighted by molar-refractivity contribution is -0.383. The first kappa shape index (κ1) is 16.0. The molecule has 0 aliphatic heterocycles. The molecule has 114 valence electrons. The third-order valence-electron chi connectivity index (χ3n) is 2.85. The second kappa shape index (κ2) is 7.04. The summed E-state index contributed by atoms with van der Waals surface area (Å²) in [6, 6.07) is 13.0. The van der Waals surface area contributed by atoms with Gasteiger partial charge < -0.3 is 10.1 Å². The molecule has 0 saturated carbocycles. The molecule has 0 fully saturated rings. The van der Waals surface area contributed by atoms with Gasteiger partial charge in [0.05, 0.1) is 4.92 Å². The fraction of sp³-hybridized carbons (Fsp3) is 0.133. The second-order valence-corrected chi connectivity index (χ2v) is 5.39. The molecule has 1 N–H and O–H groups in total. The van der Waals surface area contributed by atoms with Crippen LogP contribution in [0.1, 0.15) is 6.92 Å². The number of benzene rings is 2. The van der Waals surface area contributed by atoms with Gasteiger partial charge in [0.25, 0.3) is 11.6 Å². The van der Waals surface area contributed by atoms with E-state index in [1.54, 1.807) is 37.3 Å². The highest BCUT2D eigenvalue weighted by Gasteiger charge is 2.19. The molecular weight excluding hydrogens is 352 g/mol. The van der Waals surface area contributed by atoms with E-state index < -0.39 is 16.9 Å². The number of ether oxygens (including phenoxy) is 1. The van der Waals surface area contributed by atoms with Gasteiger partial charge in [-0.25, -0.2) is 0 Å². The molecule has 1 amide bonds. The molecule has 2 rings (SSSR count). The molecule has 1 unspecified atom stereocenters. The number of nitrogens with zero attached hydrogens (tertiary/aromatic N) is 1. The largest absolute Gasteiger partial charge is 0.481 e. The van der Waals surface area contributed by atoms with Crippen molar-refractivity contribution in [1.29, 1.82) is 0 Å². The molecular formula is C15H13BrN2O4. The molecule has 0 radical (unpaired) electrons. The highest BCUT2D eigenvalue weighted by molar-refractivity contribution is 9.10. The van der Waals surface area contributed by atoms with Crippen molar-refractivity contribution in [2.45, 2.75) is 13.0 Å². The van der Waals surface area contributed by atoms with Crippen LogP contribution < -0.4 is 10.1 Å². The number of nitrogens with one attached hydrogen (secondary N) is 1. The summed E-state index contributed by atoms with van der Waals surface area (Å²) in [6.45, 7) is 1.58.